The number of aliphatic hydroxyl groups is 1. The van der Waals surface area contributed by atoms with Crippen LogP contribution >= 0.6 is 23.4 Å². The van der Waals surface area contributed by atoms with E-state index in [1.807, 2.05) is 19.1 Å². The van der Waals surface area contributed by atoms with Gasteiger partial charge in [0, 0.05) is 16.5 Å². The summed E-state index contributed by atoms with van der Waals surface area (Å²) < 4.78 is 0. The third-order valence-corrected chi connectivity index (χ3v) is 3.64. The van der Waals surface area contributed by atoms with Crippen molar-refractivity contribution < 1.29 is 5.11 Å². The van der Waals surface area contributed by atoms with Crippen LogP contribution in [0.1, 0.15) is 22.8 Å². The number of hydrogen-bond acceptors (Lipinski definition) is 2. The lowest BCUT2D eigenvalue weighted by Gasteiger charge is -2.22. The third-order valence-electron chi connectivity index (χ3n) is 2.26. The quantitative estimate of drug-likeness (QED) is 0.717. The average molecular weight is 215 g/mol. The van der Waals surface area contributed by atoms with E-state index < -0.39 is 0 Å². The first-order valence-electron chi connectivity index (χ1n) is 4.23. The highest BCUT2D eigenvalue weighted by atomic mass is 35.5. The van der Waals surface area contributed by atoms with E-state index in [9.17, 15) is 5.11 Å². The summed E-state index contributed by atoms with van der Waals surface area (Å²) in [4.78, 5) is 0. The van der Waals surface area contributed by atoms with Crippen LogP contribution in [0.15, 0.2) is 12.1 Å². The molecule has 0 radical (unpaired) electrons. The van der Waals surface area contributed by atoms with E-state index in [1.54, 1.807) is 11.8 Å². The topological polar surface area (TPSA) is 20.2 Å². The molecule has 1 heterocycles. The molecule has 0 amide bonds. The highest BCUT2D eigenvalue weighted by Crippen LogP contribution is 2.36. The summed E-state index contributed by atoms with van der Waals surface area (Å²) in [5.74, 6) is 1.71. The second-order valence-electron chi connectivity index (χ2n) is 3.35. The van der Waals surface area contributed by atoms with Crippen LogP contribution < -0.4 is 0 Å². The Morgan fingerprint density at radius 1 is 1.54 bits per heavy atom. The van der Waals surface area contributed by atoms with Crippen molar-refractivity contribution in [3.05, 3.63) is 33.8 Å². The number of benzene rings is 1. The van der Waals surface area contributed by atoms with Crippen LogP contribution in [0, 0.1) is 6.92 Å². The fraction of sp³-hybridized carbons (Fsp3) is 0.400. The Kier molecular flexibility index (Phi) is 2.54. The molecule has 1 aliphatic rings. The minimum atomic E-state index is -0.342. The number of aliphatic hydroxyl groups excluding tert-OH is 1. The van der Waals surface area contributed by atoms with Gasteiger partial charge in [0.05, 0.1) is 6.10 Å². The van der Waals surface area contributed by atoms with E-state index in [-0.39, 0.29) is 6.10 Å². The number of hydrogen-bond donors (Lipinski definition) is 1. The normalized spacial score (nSPS) is 21.3. The second kappa shape index (κ2) is 3.52. The van der Waals surface area contributed by atoms with Crippen molar-refractivity contribution in [1.82, 2.24) is 0 Å². The van der Waals surface area contributed by atoms with Crippen molar-refractivity contribution >= 4 is 23.4 Å². The molecule has 3 heteroatoms. The Morgan fingerprint density at radius 3 is 3.08 bits per heavy atom. The van der Waals surface area contributed by atoms with E-state index in [0.29, 0.717) is 0 Å². The number of fused-ring (bicyclic) bond motifs is 1. The summed E-state index contributed by atoms with van der Waals surface area (Å²) >= 11 is 7.82. The van der Waals surface area contributed by atoms with Gasteiger partial charge < -0.3 is 5.11 Å². The van der Waals surface area contributed by atoms with Gasteiger partial charge in [-0.2, -0.15) is 11.8 Å². The van der Waals surface area contributed by atoms with Crippen molar-refractivity contribution in [1.29, 1.82) is 0 Å². The molecular weight excluding hydrogens is 204 g/mol. The monoisotopic (exact) mass is 214 g/mol. The number of aryl methyl sites for hydroxylation is 1. The van der Waals surface area contributed by atoms with Crippen molar-refractivity contribution in [2.75, 3.05) is 5.75 Å². The first-order valence-corrected chi connectivity index (χ1v) is 5.76. The van der Waals surface area contributed by atoms with Gasteiger partial charge in [0.2, 0.25) is 0 Å². The smallest absolute Gasteiger partial charge is 0.0884 e. The standard InChI is InChI=1S/C10H11ClOS/c1-6-2-7-8(9(11)3-6)4-13-5-10(7)12/h2-3,10,12H,4-5H2,1H3/t10-/m0/s1. The zero-order valence-corrected chi connectivity index (χ0v) is 8.95. The lowest BCUT2D eigenvalue weighted by Crippen LogP contribution is -2.10. The van der Waals surface area contributed by atoms with Gasteiger partial charge in [-0.05, 0) is 29.7 Å². The third kappa shape index (κ3) is 1.71. The summed E-state index contributed by atoms with van der Waals surface area (Å²) in [6, 6.07) is 3.99. The summed E-state index contributed by atoms with van der Waals surface area (Å²) in [5.41, 5.74) is 3.24. The van der Waals surface area contributed by atoms with Gasteiger partial charge >= 0.3 is 0 Å². The maximum atomic E-state index is 9.73. The molecule has 1 atom stereocenters. The highest BCUT2D eigenvalue weighted by molar-refractivity contribution is 7.98. The van der Waals surface area contributed by atoms with Crippen molar-refractivity contribution in [2.24, 2.45) is 0 Å². The lowest BCUT2D eigenvalue weighted by atomic mass is 10.0. The number of thioether (sulfide) groups is 1. The molecule has 1 aliphatic heterocycles. The Bertz CT molecular complexity index is 338. The largest absolute Gasteiger partial charge is 0.388 e. The van der Waals surface area contributed by atoms with E-state index in [2.05, 4.69) is 0 Å². The van der Waals surface area contributed by atoms with Gasteiger partial charge in [0.25, 0.3) is 0 Å². The molecule has 0 saturated carbocycles. The van der Waals surface area contributed by atoms with Crippen LogP contribution in [-0.4, -0.2) is 10.9 Å². The zero-order valence-electron chi connectivity index (χ0n) is 7.38. The van der Waals surface area contributed by atoms with Crippen molar-refractivity contribution in [3.63, 3.8) is 0 Å². The van der Waals surface area contributed by atoms with Gasteiger partial charge in [0.1, 0.15) is 0 Å². The molecular formula is C10H11ClOS. The van der Waals surface area contributed by atoms with Crippen LogP contribution in [0.2, 0.25) is 5.02 Å². The van der Waals surface area contributed by atoms with Gasteiger partial charge in [-0.15, -0.1) is 0 Å². The molecule has 70 valence electrons. The molecule has 1 aromatic carbocycles. The molecule has 0 aromatic heterocycles. The molecule has 0 bridgehead atoms. The average Bonchev–Trinajstić information content (AvgIpc) is 2.07. The molecule has 2 rings (SSSR count). The Labute approximate surface area is 87.1 Å². The van der Waals surface area contributed by atoms with Crippen LogP contribution in [0.4, 0.5) is 0 Å². The predicted molar refractivity (Wildman–Crippen MR) is 57.3 cm³/mol. The predicted octanol–water partition coefficient (Wildman–Crippen LogP) is 2.93. The van der Waals surface area contributed by atoms with Crippen molar-refractivity contribution in [3.8, 4) is 0 Å². The van der Waals surface area contributed by atoms with Crippen molar-refractivity contribution in [2.45, 2.75) is 18.8 Å². The molecule has 0 spiro atoms. The molecule has 13 heavy (non-hydrogen) atoms. The second-order valence-corrected chi connectivity index (χ2v) is 4.78. The minimum absolute atomic E-state index is 0.342. The Morgan fingerprint density at radius 2 is 2.31 bits per heavy atom. The van der Waals surface area contributed by atoms with Crippen LogP contribution in [-0.2, 0) is 5.75 Å². The first-order chi connectivity index (χ1) is 6.18. The van der Waals surface area contributed by atoms with Crippen LogP contribution in [0.3, 0.4) is 0 Å². The molecule has 1 N–H and O–H groups in total. The van der Waals surface area contributed by atoms with E-state index >= 15 is 0 Å². The van der Waals surface area contributed by atoms with Crippen LogP contribution in [0.25, 0.3) is 0 Å². The summed E-state index contributed by atoms with van der Waals surface area (Å²) in [6.07, 6.45) is -0.342. The van der Waals surface area contributed by atoms with E-state index in [1.165, 1.54) is 0 Å². The fourth-order valence-corrected chi connectivity index (χ4v) is 3.09. The summed E-state index contributed by atoms with van der Waals surface area (Å²) in [5, 5.41) is 10.5. The summed E-state index contributed by atoms with van der Waals surface area (Å²) in [7, 11) is 0. The lowest BCUT2D eigenvalue weighted by molar-refractivity contribution is 0.201. The maximum Gasteiger partial charge on any atom is 0.0884 e. The molecule has 1 nitrogen and oxygen atoms in total. The fourth-order valence-electron chi connectivity index (χ4n) is 1.61. The molecule has 0 saturated heterocycles. The highest BCUT2D eigenvalue weighted by Gasteiger charge is 2.20. The first kappa shape index (κ1) is 9.38. The zero-order chi connectivity index (χ0) is 9.42. The van der Waals surface area contributed by atoms with Gasteiger partial charge in [-0.25, -0.2) is 0 Å². The van der Waals surface area contributed by atoms with Gasteiger partial charge in [0.15, 0.2) is 0 Å². The molecule has 0 unspecified atom stereocenters. The van der Waals surface area contributed by atoms with Gasteiger partial charge in [-0.1, -0.05) is 17.7 Å². The van der Waals surface area contributed by atoms with Gasteiger partial charge in [-0.3, -0.25) is 0 Å². The Hall–Kier alpha value is -0.180. The molecule has 0 fully saturated rings. The Balaban J connectivity index is 2.56. The van der Waals surface area contributed by atoms with Crippen LogP contribution in [0.5, 0.6) is 0 Å². The summed E-state index contributed by atoms with van der Waals surface area (Å²) in [6.45, 7) is 2.00. The van der Waals surface area contributed by atoms with E-state index in [0.717, 1.165) is 33.2 Å². The minimum Gasteiger partial charge on any atom is -0.388 e. The SMILES string of the molecule is Cc1cc(Cl)c2c(c1)[C@@H](O)CSC2. The maximum absolute atomic E-state index is 9.73. The molecule has 1 aromatic rings. The number of halogens is 1. The molecule has 0 aliphatic carbocycles. The van der Waals surface area contributed by atoms with E-state index in [4.69, 9.17) is 11.6 Å². The number of rotatable bonds is 0.